The van der Waals surface area contributed by atoms with Crippen LogP contribution in [0.2, 0.25) is 0 Å². The molecule has 2 saturated heterocycles. The molecule has 0 unspecified atom stereocenters. The molecule has 0 aliphatic carbocycles. The number of anilines is 1. The van der Waals surface area contributed by atoms with Gasteiger partial charge >= 0.3 is 0 Å². The molecule has 3 atom stereocenters. The van der Waals surface area contributed by atoms with Crippen LogP contribution in [0.1, 0.15) is 55.8 Å². The highest BCUT2D eigenvalue weighted by Gasteiger charge is 2.43. The maximum absolute atomic E-state index is 13.8. The fourth-order valence-electron chi connectivity index (χ4n) is 5.59. The molecule has 2 fully saturated rings. The lowest BCUT2D eigenvalue weighted by Gasteiger charge is -2.40. The van der Waals surface area contributed by atoms with Crippen molar-refractivity contribution < 1.29 is 14.3 Å². The van der Waals surface area contributed by atoms with Gasteiger partial charge in [0.05, 0.1) is 7.11 Å². The number of nitrogens with zero attached hydrogens (tertiary/aromatic N) is 3. The number of piperazine rings is 1. The summed E-state index contributed by atoms with van der Waals surface area (Å²) >= 11 is 0. The van der Waals surface area contributed by atoms with E-state index in [4.69, 9.17) is 10.5 Å². The number of rotatable bonds is 6. The largest absolute Gasteiger partial charge is 0.497 e. The summed E-state index contributed by atoms with van der Waals surface area (Å²) in [6.45, 7) is 11.3. The predicted molar refractivity (Wildman–Crippen MR) is 143 cm³/mol. The van der Waals surface area contributed by atoms with Crippen LogP contribution in [0.3, 0.4) is 0 Å². The van der Waals surface area contributed by atoms with Crippen molar-refractivity contribution in [2.75, 3.05) is 44.7 Å². The zero-order valence-electron chi connectivity index (χ0n) is 22.2. The highest BCUT2D eigenvalue weighted by molar-refractivity contribution is 5.89. The van der Waals surface area contributed by atoms with E-state index in [0.717, 1.165) is 36.5 Å². The molecule has 7 nitrogen and oxygen atoms in total. The number of benzene rings is 2. The summed E-state index contributed by atoms with van der Waals surface area (Å²) < 4.78 is 5.30. The lowest BCUT2D eigenvalue weighted by atomic mass is 9.90. The number of likely N-dealkylation sites (tertiary alicyclic amines) is 1. The van der Waals surface area contributed by atoms with Crippen molar-refractivity contribution >= 4 is 17.5 Å². The number of methoxy groups -OCH3 is 1. The molecule has 4 rings (SSSR count). The lowest BCUT2D eigenvalue weighted by Crippen LogP contribution is -2.55. The number of hydrogen-bond acceptors (Lipinski definition) is 5. The summed E-state index contributed by atoms with van der Waals surface area (Å²) in [6.07, 6.45) is 0.780. The van der Waals surface area contributed by atoms with Gasteiger partial charge in [-0.15, -0.1) is 0 Å². The molecule has 0 bridgehead atoms. The first kappa shape index (κ1) is 26.0. The Morgan fingerprint density at radius 1 is 1.00 bits per heavy atom. The zero-order chi connectivity index (χ0) is 26.0. The van der Waals surface area contributed by atoms with Crippen molar-refractivity contribution in [2.24, 2.45) is 11.7 Å². The van der Waals surface area contributed by atoms with Gasteiger partial charge in [-0.25, -0.2) is 0 Å². The average molecular weight is 493 g/mol. The molecule has 0 spiro atoms. The number of carbonyl (C=O) groups excluding carboxylic acids is 2. The number of carbonyl (C=O) groups is 2. The van der Waals surface area contributed by atoms with Gasteiger partial charge in [0, 0.05) is 57.3 Å². The minimum atomic E-state index is -0.466. The summed E-state index contributed by atoms with van der Waals surface area (Å²) in [7, 11) is 1.64. The van der Waals surface area contributed by atoms with Crippen LogP contribution in [0, 0.1) is 12.8 Å². The molecular formula is C29H40N4O3. The fraction of sp³-hybridized carbons (Fsp3) is 0.517. The third kappa shape index (κ3) is 5.21. The molecule has 0 aromatic heterocycles. The predicted octanol–water partition coefficient (Wildman–Crippen LogP) is 3.71. The monoisotopic (exact) mass is 492 g/mol. The van der Waals surface area contributed by atoms with E-state index < -0.39 is 6.04 Å². The first-order valence-corrected chi connectivity index (χ1v) is 13.0. The Morgan fingerprint density at radius 3 is 2.25 bits per heavy atom. The topological polar surface area (TPSA) is 79.1 Å². The zero-order valence-corrected chi connectivity index (χ0v) is 22.2. The Morgan fingerprint density at radius 2 is 1.67 bits per heavy atom. The fourth-order valence-corrected chi connectivity index (χ4v) is 5.59. The Labute approximate surface area is 215 Å². The number of hydrogen-bond donors (Lipinski definition) is 1. The average Bonchev–Trinajstić information content (AvgIpc) is 3.33. The normalized spacial score (nSPS) is 21.1. The van der Waals surface area contributed by atoms with E-state index in [2.05, 4.69) is 43.9 Å². The minimum absolute atomic E-state index is 0.0157. The standard InChI is InChI=1S/C29H40N4O3/c1-19(2)27(30)25-18-20(3)6-11-26(25)31-14-16-32(17-15-31)29(35)28-24(12-13-33(28)21(4)34)22-7-9-23(36-5)10-8-22/h6-11,18-19,24,27-28H,12-17,30H2,1-5H3/t24-,27+,28-/m1/s1. The summed E-state index contributed by atoms with van der Waals surface area (Å²) in [4.78, 5) is 32.3. The Kier molecular flexibility index (Phi) is 7.88. The lowest BCUT2D eigenvalue weighted by molar-refractivity contribution is -0.143. The van der Waals surface area contributed by atoms with Crippen molar-refractivity contribution in [2.45, 2.75) is 52.1 Å². The van der Waals surface area contributed by atoms with Crippen molar-refractivity contribution in [1.29, 1.82) is 0 Å². The van der Waals surface area contributed by atoms with Crippen LogP contribution < -0.4 is 15.4 Å². The number of amides is 2. The quantitative estimate of drug-likeness (QED) is 0.665. The van der Waals surface area contributed by atoms with E-state index in [1.807, 2.05) is 29.2 Å². The SMILES string of the molecule is COc1ccc([C@H]2CCN(C(C)=O)[C@H]2C(=O)N2CCN(c3ccc(C)cc3[C@@H](N)C(C)C)CC2)cc1. The number of aryl methyl sites for hydroxylation is 1. The maximum atomic E-state index is 13.8. The third-order valence-electron chi connectivity index (χ3n) is 7.79. The second-order valence-corrected chi connectivity index (χ2v) is 10.5. The van der Waals surface area contributed by atoms with Gasteiger partial charge in [0.2, 0.25) is 11.8 Å². The second-order valence-electron chi connectivity index (χ2n) is 10.5. The summed E-state index contributed by atoms with van der Waals surface area (Å²) in [5.74, 6) is 1.11. The van der Waals surface area contributed by atoms with Gasteiger partial charge in [-0.3, -0.25) is 9.59 Å². The molecular weight excluding hydrogens is 452 g/mol. The van der Waals surface area contributed by atoms with E-state index in [9.17, 15) is 9.59 Å². The Bertz CT molecular complexity index is 1080. The van der Waals surface area contributed by atoms with Crippen LogP contribution in [0.15, 0.2) is 42.5 Å². The Hall–Kier alpha value is -3.06. The molecule has 2 aromatic carbocycles. The van der Waals surface area contributed by atoms with Crippen LogP contribution in [0.25, 0.3) is 0 Å². The molecule has 0 radical (unpaired) electrons. The minimum Gasteiger partial charge on any atom is -0.497 e. The smallest absolute Gasteiger partial charge is 0.246 e. The van der Waals surface area contributed by atoms with Crippen molar-refractivity contribution in [3.05, 3.63) is 59.2 Å². The van der Waals surface area contributed by atoms with E-state index >= 15 is 0 Å². The first-order chi connectivity index (χ1) is 17.2. The van der Waals surface area contributed by atoms with Crippen LogP contribution in [0.5, 0.6) is 5.75 Å². The number of nitrogens with two attached hydrogens (primary N) is 1. The maximum Gasteiger partial charge on any atom is 0.246 e. The molecule has 2 aromatic rings. The number of ether oxygens (including phenoxy) is 1. The Balaban J connectivity index is 1.51. The third-order valence-corrected chi connectivity index (χ3v) is 7.79. The second kappa shape index (κ2) is 10.9. The molecule has 7 heteroatoms. The summed E-state index contributed by atoms with van der Waals surface area (Å²) in [5.41, 5.74) is 11.2. The van der Waals surface area contributed by atoms with E-state index in [-0.39, 0.29) is 23.8 Å². The van der Waals surface area contributed by atoms with Crippen molar-refractivity contribution in [1.82, 2.24) is 9.80 Å². The molecule has 2 aliphatic heterocycles. The highest BCUT2D eigenvalue weighted by atomic mass is 16.5. The summed E-state index contributed by atoms with van der Waals surface area (Å²) in [5, 5.41) is 0. The van der Waals surface area contributed by atoms with E-state index in [1.54, 1.807) is 18.9 Å². The van der Waals surface area contributed by atoms with E-state index in [0.29, 0.717) is 25.6 Å². The molecule has 0 saturated carbocycles. The van der Waals surface area contributed by atoms with E-state index in [1.165, 1.54) is 11.1 Å². The van der Waals surface area contributed by atoms with Gasteiger partial charge in [0.1, 0.15) is 11.8 Å². The van der Waals surface area contributed by atoms with Crippen molar-refractivity contribution in [3.63, 3.8) is 0 Å². The van der Waals surface area contributed by atoms with Crippen LogP contribution in [-0.4, -0.2) is 67.5 Å². The molecule has 194 valence electrons. The molecule has 2 aliphatic rings. The molecule has 2 amide bonds. The first-order valence-electron chi connectivity index (χ1n) is 13.0. The van der Waals surface area contributed by atoms with Gasteiger partial charge in [-0.05, 0) is 48.6 Å². The van der Waals surface area contributed by atoms with Crippen LogP contribution in [-0.2, 0) is 9.59 Å². The highest BCUT2D eigenvalue weighted by Crippen LogP contribution is 2.36. The van der Waals surface area contributed by atoms with Crippen LogP contribution >= 0.6 is 0 Å². The van der Waals surface area contributed by atoms with Gasteiger partial charge in [0.25, 0.3) is 0 Å². The van der Waals surface area contributed by atoms with Gasteiger partial charge < -0.3 is 25.2 Å². The van der Waals surface area contributed by atoms with Gasteiger partial charge in [-0.2, -0.15) is 0 Å². The molecule has 2 N–H and O–H groups in total. The van der Waals surface area contributed by atoms with Crippen LogP contribution in [0.4, 0.5) is 5.69 Å². The summed E-state index contributed by atoms with van der Waals surface area (Å²) in [6, 6.07) is 13.9. The van der Waals surface area contributed by atoms with Crippen molar-refractivity contribution in [3.8, 4) is 5.75 Å². The van der Waals surface area contributed by atoms with Gasteiger partial charge in [-0.1, -0.05) is 43.7 Å². The molecule has 36 heavy (non-hydrogen) atoms. The van der Waals surface area contributed by atoms with Gasteiger partial charge in [0.15, 0.2) is 0 Å². The molecule has 2 heterocycles.